The summed E-state index contributed by atoms with van der Waals surface area (Å²) >= 11 is 0. The molecule has 1 aromatic heterocycles. The Morgan fingerprint density at radius 3 is 2.36 bits per heavy atom. The molecule has 25 heavy (non-hydrogen) atoms. The first-order valence-electron chi connectivity index (χ1n) is 7.63. The number of hydrogen-bond acceptors (Lipinski definition) is 5. The number of carbonyl (C=O) groups is 1. The highest BCUT2D eigenvalue weighted by Crippen LogP contribution is 2.16. The molecular weight excluding hydrogens is 314 g/mol. The lowest BCUT2D eigenvalue weighted by molar-refractivity contribution is 0.102. The maximum absolute atomic E-state index is 12.2. The van der Waals surface area contributed by atoms with E-state index in [1.165, 1.54) is 0 Å². The van der Waals surface area contributed by atoms with Crippen LogP contribution in [0.3, 0.4) is 0 Å². The monoisotopic (exact) mass is 329 g/mol. The third-order valence-electron chi connectivity index (χ3n) is 3.47. The Morgan fingerprint density at radius 1 is 1.00 bits per heavy atom. The van der Waals surface area contributed by atoms with Crippen LogP contribution in [0.15, 0.2) is 60.7 Å². The predicted octanol–water partition coefficient (Wildman–Crippen LogP) is 3.65. The van der Waals surface area contributed by atoms with Crippen LogP contribution >= 0.6 is 0 Å². The van der Waals surface area contributed by atoms with Gasteiger partial charge in [0.1, 0.15) is 0 Å². The normalized spacial score (nSPS) is 9.92. The smallest absolute Gasteiger partial charge is 0.256 e. The van der Waals surface area contributed by atoms with E-state index in [2.05, 4.69) is 26.9 Å². The summed E-state index contributed by atoms with van der Waals surface area (Å²) in [5.74, 6) is 0.681. The predicted molar refractivity (Wildman–Crippen MR) is 95.6 cm³/mol. The van der Waals surface area contributed by atoms with Gasteiger partial charge in [0.2, 0.25) is 0 Å². The Hall–Kier alpha value is -3.72. The molecule has 2 aromatic carbocycles. The van der Waals surface area contributed by atoms with E-state index in [-0.39, 0.29) is 5.91 Å². The summed E-state index contributed by atoms with van der Waals surface area (Å²) in [6.45, 7) is 1.93. The van der Waals surface area contributed by atoms with Crippen LogP contribution in [0.1, 0.15) is 21.5 Å². The zero-order chi connectivity index (χ0) is 17.6. The largest absolute Gasteiger partial charge is 0.339 e. The number of benzene rings is 2. The molecule has 0 aliphatic carbocycles. The summed E-state index contributed by atoms with van der Waals surface area (Å²) in [7, 11) is 0. The maximum atomic E-state index is 12.2. The minimum Gasteiger partial charge on any atom is -0.339 e. The number of aryl methyl sites for hydroxylation is 1. The van der Waals surface area contributed by atoms with Crippen LogP contribution in [0.25, 0.3) is 0 Å². The van der Waals surface area contributed by atoms with Crippen molar-refractivity contribution < 1.29 is 4.79 Å². The number of hydrogen-bond donors (Lipinski definition) is 2. The van der Waals surface area contributed by atoms with Gasteiger partial charge in [-0.3, -0.25) is 4.79 Å². The van der Waals surface area contributed by atoms with Crippen LogP contribution in [0, 0.1) is 18.3 Å². The maximum Gasteiger partial charge on any atom is 0.256 e. The topological polar surface area (TPSA) is 90.7 Å². The fraction of sp³-hybridized carbons (Fsp3) is 0.0526. The molecule has 0 atom stereocenters. The molecule has 0 spiro atoms. The van der Waals surface area contributed by atoms with Crippen molar-refractivity contribution in [2.24, 2.45) is 0 Å². The van der Waals surface area contributed by atoms with E-state index < -0.39 is 0 Å². The summed E-state index contributed by atoms with van der Waals surface area (Å²) in [6.07, 6.45) is 0. The Labute approximate surface area is 145 Å². The number of nitrogens with zero attached hydrogens (tertiary/aromatic N) is 3. The molecular formula is C19H15N5O. The average Bonchev–Trinajstić information content (AvgIpc) is 2.64. The van der Waals surface area contributed by atoms with E-state index in [0.717, 1.165) is 11.3 Å². The average molecular weight is 329 g/mol. The van der Waals surface area contributed by atoms with Crippen molar-refractivity contribution in [3.05, 3.63) is 77.4 Å². The van der Waals surface area contributed by atoms with Gasteiger partial charge in [0.25, 0.3) is 5.91 Å². The number of amides is 1. The van der Waals surface area contributed by atoms with Crippen LogP contribution in [-0.4, -0.2) is 16.1 Å². The third-order valence-corrected chi connectivity index (χ3v) is 3.47. The van der Waals surface area contributed by atoms with Crippen LogP contribution in [0.2, 0.25) is 0 Å². The minimum atomic E-state index is -0.231. The van der Waals surface area contributed by atoms with Gasteiger partial charge in [0, 0.05) is 11.3 Å². The van der Waals surface area contributed by atoms with Gasteiger partial charge in [-0.1, -0.05) is 17.7 Å². The van der Waals surface area contributed by atoms with Crippen molar-refractivity contribution in [3.8, 4) is 6.07 Å². The molecule has 0 unspecified atom stereocenters. The number of nitrogens with one attached hydrogen (secondary N) is 2. The highest BCUT2D eigenvalue weighted by molar-refractivity contribution is 6.03. The highest BCUT2D eigenvalue weighted by atomic mass is 16.1. The Bertz CT molecular complexity index is 927. The molecule has 6 nitrogen and oxygen atoms in total. The Kier molecular flexibility index (Phi) is 4.67. The molecule has 0 saturated heterocycles. The fourth-order valence-corrected chi connectivity index (χ4v) is 2.22. The lowest BCUT2D eigenvalue weighted by Gasteiger charge is -2.07. The van der Waals surface area contributed by atoms with E-state index in [4.69, 9.17) is 5.26 Å². The van der Waals surface area contributed by atoms with Crippen molar-refractivity contribution in [2.75, 3.05) is 10.6 Å². The molecule has 0 aliphatic heterocycles. The van der Waals surface area contributed by atoms with E-state index in [0.29, 0.717) is 22.8 Å². The molecule has 1 amide bonds. The molecule has 3 rings (SSSR count). The molecule has 6 heteroatoms. The van der Waals surface area contributed by atoms with Gasteiger partial charge in [0.15, 0.2) is 11.6 Å². The van der Waals surface area contributed by atoms with Crippen LogP contribution in [0.5, 0.6) is 0 Å². The first-order valence-corrected chi connectivity index (χ1v) is 7.63. The van der Waals surface area contributed by atoms with E-state index >= 15 is 0 Å². The molecule has 0 aliphatic rings. The standard InChI is InChI=1S/C19H15N5O/c1-13-3-2-4-15(11-13)19(25)22-18-10-9-17(23-24-18)21-16-7-5-14(12-20)6-8-16/h2-11H,1H3,(H,21,23)(H,22,24,25). The van der Waals surface area contributed by atoms with Gasteiger partial charge in [-0.15, -0.1) is 10.2 Å². The molecule has 0 bridgehead atoms. The van der Waals surface area contributed by atoms with Crippen LogP contribution in [-0.2, 0) is 0 Å². The van der Waals surface area contributed by atoms with Crippen molar-refractivity contribution in [3.63, 3.8) is 0 Å². The number of rotatable bonds is 4. The molecule has 2 N–H and O–H groups in total. The van der Waals surface area contributed by atoms with Crippen LogP contribution < -0.4 is 10.6 Å². The Morgan fingerprint density at radius 2 is 1.72 bits per heavy atom. The number of aromatic nitrogens is 2. The molecule has 0 fully saturated rings. The van der Waals surface area contributed by atoms with Crippen molar-refractivity contribution in [2.45, 2.75) is 6.92 Å². The van der Waals surface area contributed by atoms with Gasteiger partial charge < -0.3 is 10.6 Å². The van der Waals surface area contributed by atoms with Gasteiger partial charge in [0.05, 0.1) is 11.6 Å². The molecule has 0 radical (unpaired) electrons. The SMILES string of the molecule is Cc1cccc(C(=O)Nc2ccc(Nc3ccc(C#N)cc3)nn2)c1. The zero-order valence-corrected chi connectivity index (χ0v) is 13.5. The van der Waals surface area contributed by atoms with Crippen LogP contribution in [0.4, 0.5) is 17.3 Å². The number of nitriles is 1. The summed E-state index contributed by atoms with van der Waals surface area (Å²) < 4.78 is 0. The number of carbonyl (C=O) groups excluding carboxylic acids is 1. The minimum absolute atomic E-state index is 0.231. The molecule has 3 aromatic rings. The van der Waals surface area contributed by atoms with E-state index in [1.807, 2.05) is 25.1 Å². The molecule has 1 heterocycles. The van der Waals surface area contributed by atoms with Crippen molar-refractivity contribution in [1.29, 1.82) is 5.26 Å². The summed E-state index contributed by atoms with van der Waals surface area (Å²) in [5.41, 5.74) is 2.97. The van der Waals surface area contributed by atoms with E-state index in [1.54, 1.807) is 42.5 Å². The lowest BCUT2D eigenvalue weighted by Crippen LogP contribution is -2.13. The van der Waals surface area contributed by atoms with Gasteiger partial charge in [-0.2, -0.15) is 5.26 Å². The lowest BCUT2D eigenvalue weighted by atomic mass is 10.1. The van der Waals surface area contributed by atoms with Crippen molar-refractivity contribution >= 4 is 23.2 Å². The fourth-order valence-electron chi connectivity index (χ4n) is 2.22. The van der Waals surface area contributed by atoms with Gasteiger partial charge >= 0.3 is 0 Å². The summed E-state index contributed by atoms with van der Waals surface area (Å²) in [4.78, 5) is 12.2. The first kappa shape index (κ1) is 16.1. The first-order chi connectivity index (χ1) is 12.1. The second kappa shape index (κ2) is 7.23. The molecule has 0 saturated carbocycles. The summed E-state index contributed by atoms with van der Waals surface area (Å²) in [5, 5.41) is 22.6. The van der Waals surface area contributed by atoms with Gasteiger partial charge in [-0.25, -0.2) is 0 Å². The van der Waals surface area contributed by atoms with E-state index in [9.17, 15) is 4.79 Å². The third kappa shape index (κ3) is 4.18. The van der Waals surface area contributed by atoms with Crippen molar-refractivity contribution in [1.82, 2.24) is 10.2 Å². The second-order valence-corrected chi connectivity index (χ2v) is 5.44. The second-order valence-electron chi connectivity index (χ2n) is 5.44. The Balaban J connectivity index is 1.65. The highest BCUT2D eigenvalue weighted by Gasteiger charge is 2.07. The summed E-state index contributed by atoms with van der Waals surface area (Å²) in [6, 6.07) is 19.8. The number of anilines is 3. The molecule has 122 valence electrons. The zero-order valence-electron chi connectivity index (χ0n) is 13.5. The quantitative estimate of drug-likeness (QED) is 0.762. The van der Waals surface area contributed by atoms with Gasteiger partial charge in [-0.05, 0) is 55.5 Å².